The van der Waals surface area contributed by atoms with Gasteiger partial charge in [0.2, 0.25) is 15.9 Å². The number of anilines is 1. The highest BCUT2D eigenvalue weighted by Gasteiger charge is 2.34. The van der Waals surface area contributed by atoms with Gasteiger partial charge < -0.3 is 5.32 Å². The number of benzene rings is 2. The lowest BCUT2D eigenvalue weighted by Gasteiger charge is -2.31. The second-order valence-electron chi connectivity index (χ2n) is 7.02. The number of nitrogens with zero attached hydrogens (tertiary/aromatic N) is 1. The van der Waals surface area contributed by atoms with E-state index in [0.29, 0.717) is 12.8 Å². The number of sulfonamides is 1. The van der Waals surface area contributed by atoms with Crippen molar-refractivity contribution in [1.29, 1.82) is 0 Å². The van der Waals surface area contributed by atoms with Crippen molar-refractivity contribution in [2.45, 2.75) is 31.6 Å². The summed E-state index contributed by atoms with van der Waals surface area (Å²) in [6.45, 7) is 4.50. The van der Waals surface area contributed by atoms with Gasteiger partial charge in [-0.05, 0) is 62.1 Å². The van der Waals surface area contributed by atoms with Crippen LogP contribution in [0.3, 0.4) is 0 Å². The van der Waals surface area contributed by atoms with Gasteiger partial charge in [-0.2, -0.15) is 4.31 Å². The smallest absolute Gasteiger partial charge is 0.246 e. The van der Waals surface area contributed by atoms with E-state index >= 15 is 0 Å². The van der Waals surface area contributed by atoms with Gasteiger partial charge in [-0.25, -0.2) is 8.42 Å². The number of nitrogens with one attached hydrogen (secondary N) is 1. The van der Waals surface area contributed by atoms with E-state index in [9.17, 15) is 13.2 Å². The molecule has 3 rings (SSSR count). The van der Waals surface area contributed by atoms with Gasteiger partial charge in [-0.1, -0.05) is 35.3 Å². The molecule has 1 saturated heterocycles. The Morgan fingerprint density at radius 2 is 1.64 bits per heavy atom. The van der Waals surface area contributed by atoms with Crippen molar-refractivity contribution in [3.8, 4) is 0 Å². The maximum Gasteiger partial charge on any atom is 0.246 e. The lowest BCUT2D eigenvalue weighted by molar-refractivity contribution is -0.120. The lowest BCUT2D eigenvalue weighted by Crippen LogP contribution is -2.41. The van der Waals surface area contributed by atoms with Gasteiger partial charge in [0.25, 0.3) is 0 Å². The number of hydrogen-bond donors (Lipinski definition) is 1. The Bertz CT molecular complexity index is 980. The number of hydrogen-bond acceptors (Lipinski definition) is 3. The standard InChI is InChI=1S/C20H22Cl2N2O3S/c1-13-6-7-16(12-14(13)2)23-20(25)15-8-10-24(11-9-15)28(26,27)19-17(21)4-3-5-18(19)22/h3-7,12,15H,8-11H2,1-2H3,(H,23,25). The summed E-state index contributed by atoms with van der Waals surface area (Å²) >= 11 is 12.1. The second kappa shape index (κ2) is 8.41. The number of carbonyl (C=O) groups is 1. The van der Waals surface area contributed by atoms with E-state index in [1.54, 1.807) is 6.07 Å². The minimum Gasteiger partial charge on any atom is -0.326 e. The van der Waals surface area contributed by atoms with Crippen LogP contribution in [0.1, 0.15) is 24.0 Å². The van der Waals surface area contributed by atoms with Crippen LogP contribution in [-0.2, 0) is 14.8 Å². The maximum absolute atomic E-state index is 12.9. The van der Waals surface area contributed by atoms with Gasteiger partial charge in [0, 0.05) is 24.7 Å². The van der Waals surface area contributed by atoms with Crippen molar-refractivity contribution in [3.05, 3.63) is 57.6 Å². The largest absolute Gasteiger partial charge is 0.326 e. The van der Waals surface area contributed by atoms with Crippen LogP contribution in [0.15, 0.2) is 41.3 Å². The third kappa shape index (κ3) is 4.35. The van der Waals surface area contributed by atoms with E-state index < -0.39 is 10.0 Å². The Morgan fingerprint density at radius 1 is 1.04 bits per heavy atom. The molecule has 2 aromatic rings. The second-order valence-corrected chi connectivity index (χ2v) is 9.71. The van der Waals surface area contributed by atoms with Gasteiger partial charge in [-0.15, -0.1) is 0 Å². The van der Waals surface area contributed by atoms with Crippen LogP contribution in [0.4, 0.5) is 5.69 Å². The van der Waals surface area contributed by atoms with E-state index in [0.717, 1.165) is 16.8 Å². The molecule has 150 valence electrons. The molecule has 5 nitrogen and oxygen atoms in total. The molecule has 0 atom stereocenters. The quantitative estimate of drug-likeness (QED) is 0.751. The van der Waals surface area contributed by atoms with Gasteiger partial charge in [0.05, 0.1) is 10.0 Å². The summed E-state index contributed by atoms with van der Waals surface area (Å²) in [5.41, 5.74) is 3.02. The first-order valence-electron chi connectivity index (χ1n) is 9.02. The average Bonchev–Trinajstić information content (AvgIpc) is 2.64. The topological polar surface area (TPSA) is 66.5 Å². The highest BCUT2D eigenvalue weighted by Crippen LogP contribution is 2.33. The van der Waals surface area contributed by atoms with Gasteiger partial charge >= 0.3 is 0 Å². The SMILES string of the molecule is Cc1ccc(NC(=O)C2CCN(S(=O)(=O)c3c(Cl)cccc3Cl)CC2)cc1C. The molecule has 0 aliphatic carbocycles. The van der Waals surface area contributed by atoms with Crippen molar-refractivity contribution < 1.29 is 13.2 Å². The molecular weight excluding hydrogens is 419 g/mol. The highest BCUT2D eigenvalue weighted by molar-refractivity contribution is 7.89. The molecule has 1 aliphatic rings. The summed E-state index contributed by atoms with van der Waals surface area (Å²) in [6.07, 6.45) is 0.885. The van der Waals surface area contributed by atoms with Gasteiger partial charge in [0.1, 0.15) is 4.90 Å². The van der Waals surface area contributed by atoms with E-state index in [-0.39, 0.29) is 39.9 Å². The van der Waals surface area contributed by atoms with E-state index in [1.807, 2.05) is 32.0 Å². The predicted molar refractivity (Wildman–Crippen MR) is 112 cm³/mol. The van der Waals surface area contributed by atoms with Gasteiger partial charge in [0.15, 0.2) is 0 Å². The number of piperidine rings is 1. The lowest BCUT2D eigenvalue weighted by atomic mass is 9.97. The molecule has 0 bridgehead atoms. The fraction of sp³-hybridized carbons (Fsp3) is 0.350. The van der Waals surface area contributed by atoms with E-state index in [4.69, 9.17) is 23.2 Å². The molecule has 1 aliphatic heterocycles. The molecule has 2 aromatic carbocycles. The summed E-state index contributed by atoms with van der Waals surface area (Å²) in [5, 5.41) is 3.13. The Hall–Kier alpha value is -1.60. The molecule has 0 aromatic heterocycles. The monoisotopic (exact) mass is 440 g/mol. The summed E-state index contributed by atoms with van der Waals surface area (Å²) in [6, 6.07) is 10.4. The third-order valence-electron chi connectivity index (χ3n) is 5.12. The minimum absolute atomic E-state index is 0.0728. The average molecular weight is 441 g/mol. The molecule has 1 N–H and O–H groups in total. The Morgan fingerprint density at radius 3 is 2.21 bits per heavy atom. The Balaban J connectivity index is 1.67. The Labute approximate surface area is 175 Å². The number of aryl methyl sites for hydroxylation is 2. The molecular formula is C20H22Cl2N2O3S. The normalized spacial score (nSPS) is 16.1. The first-order chi connectivity index (χ1) is 13.2. The summed E-state index contributed by atoms with van der Waals surface area (Å²) in [5.74, 6) is -0.328. The van der Waals surface area contributed by atoms with Crippen LogP contribution in [0, 0.1) is 19.8 Å². The van der Waals surface area contributed by atoms with Crippen molar-refractivity contribution >= 4 is 44.8 Å². The zero-order chi connectivity index (χ0) is 20.5. The predicted octanol–water partition coefficient (Wildman–Crippen LogP) is 4.65. The summed E-state index contributed by atoms with van der Waals surface area (Å²) in [4.78, 5) is 12.5. The number of halogens is 2. The van der Waals surface area contributed by atoms with Crippen molar-refractivity contribution in [1.82, 2.24) is 4.31 Å². The van der Waals surface area contributed by atoms with Crippen LogP contribution in [0.2, 0.25) is 10.0 Å². The zero-order valence-electron chi connectivity index (χ0n) is 15.7. The van der Waals surface area contributed by atoms with Crippen molar-refractivity contribution in [2.75, 3.05) is 18.4 Å². The Kier molecular flexibility index (Phi) is 6.34. The van der Waals surface area contributed by atoms with Crippen LogP contribution in [-0.4, -0.2) is 31.7 Å². The number of carbonyl (C=O) groups excluding carboxylic acids is 1. The molecule has 28 heavy (non-hydrogen) atoms. The molecule has 1 fully saturated rings. The molecule has 0 saturated carbocycles. The minimum atomic E-state index is -3.80. The van der Waals surface area contributed by atoms with Crippen LogP contribution < -0.4 is 5.32 Å². The number of rotatable bonds is 4. The first-order valence-corrected chi connectivity index (χ1v) is 11.2. The molecule has 0 spiro atoms. The van der Waals surface area contributed by atoms with Crippen LogP contribution in [0.5, 0.6) is 0 Å². The van der Waals surface area contributed by atoms with E-state index in [1.165, 1.54) is 16.4 Å². The van der Waals surface area contributed by atoms with Crippen LogP contribution in [0.25, 0.3) is 0 Å². The van der Waals surface area contributed by atoms with Crippen LogP contribution >= 0.6 is 23.2 Å². The molecule has 0 unspecified atom stereocenters. The molecule has 8 heteroatoms. The van der Waals surface area contributed by atoms with Crippen molar-refractivity contribution in [3.63, 3.8) is 0 Å². The molecule has 1 amide bonds. The molecule has 1 heterocycles. The summed E-state index contributed by atoms with van der Waals surface area (Å²) in [7, 11) is -3.80. The third-order valence-corrected chi connectivity index (χ3v) is 7.97. The highest BCUT2D eigenvalue weighted by atomic mass is 35.5. The van der Waals surface area contributed by atoms with Gasteiger partial charge in [-0.3, -0.25) is 4.79 Å². The zero-order valence-corrected chi connectivity index (χ0v) is 18.0. The maximum atomic E-state index is 12.9. The van der Waals surface area contributed by atoms with E-state index in [2.05, 4.69) is 5.32 Å². The summed E-state index contributed by atoms with van der Waals surface area (Å²) < 4.78 is 27.2. The fourth-order valence-electron chi connectivity index (χ4n) is 3.28. The first kappa shape index (κ1) is 21.1. The number of amides is 1. The van der Waals surface area contributed by atoms with Crippen molar-refractivity contribution in [2.24, 2.45) is 5.92 Å². The fourth-order valence-corrected chi connectivity index (χ4v) is 5.84. The molecule has 0 radical (unpaired) electrons.